The van der Waals surface area contributed by atoms with E-state index in [0.29, 0.717) is 0 Å². The molecule has 0 saturated heterocycles. The van der Waals surface area contributed by atoms with Gasteiger partial charge in [0.05, 0.1) is 5.69 Å². The van der Waals surface area contributed by atoms with E-state index in [1.165, 1.54) is 37.5 Å². The molecular weight excluding hydrogens is 516 g/mol. The molecule has 2 nitrogen and oxygen atoms in total. The number of fused-ring (bicyclic) bond motifs is 4. The Morgan fingerprint density at radius 3 is 1.90 bits per heavy atom. The second kappa shape index (κ2) is 9.81. The van der Waals surface area contributed by atoms with Gasteiger partial charge in [-0.1, -0.05) is 127 Å². The molecule has 2 aromatic heterocycles. The Kier molecular flexibility index (Phi) is 5.68. The molecule has 3 heteroatoms. The van der Waals surface area contributed by atoms with Crippen LogP contribution in [0.2, 0.25) is 0 Å². The summed E-state index contributed by atoms with van der Waals surface area (Å²) < 4.78 is 1.23. The van der Waals surface area contributed by atoms with Crippen LogP contribution in [0, 0.1) is 0 Å². The molecule has 41 heavy (non-hydrogen) atoms. The molecule has 192 valence electrons. The van der Waals surface area contributed by atoms with Crippen LogP contribution in [-0.4, -0.2) is 9.97 Å². The van der Waals surface area contributed by atoms with Crippen LogP contribution in [0.25, 0.3) is 76.0 Å². The lowest BCUT2D eigenvalue weighted by Crippen LogP contribution is -1.94. The fraction of sp³-hybridized carbons (Fsp3) is 0. The van der Waals surface area contributed by atoms with Gasteiger partial charge < -0.3 is 0 Å². The summed E-state index contributed by atoms with van der Waals surface area (Å²) in [5, 5.41) is 4.84. The first-order chi connectivity index (χ1) is 20.3. The van der Waals surface area contributed by atoms with E-state index in [2.05, 4.69) is 140 Å². The molecule has 0 unspecified atom stereocenters. The maximum absolute atomic E-state index is 5.19. The first-order valence-corrected chi connectivity index (χ1v) is 14.6. The predicted molar refractivity (Wildman–Crippen MR) is 174 cm³/mol. The van der Waals surface area contributed by atoms with Gasteiger partial charge >= 0.3 is 0 Å². The quantitative estimate of drug-likeness (QED) is 0.222. The molecule has 8 rings (SSSR count). The second-order valence-corrected chi connectivity index (χ2v) is 11.3. The maximum atomic E-state index is 5.19. The van der Waals surface area contributed by atoms with E-state index in [0.717, 1.165) is 38.4 Å². The Labute approximate surface area is 242 Å². The fourth-order valence-corrected chi connectivity index (χ4v) is 6.81. The van der Waals surface area contributed by atoms with E-state index in [1.807, 2.05) is 6.07 Å². The molecule has 0 radical (unpaired) electrons. The summed E-state index contributed by atoms with van der Waals surface area (Å²) in [6.07, 6.45) is 0. The summed E-state index contributed by atoms with van der Waals surface area (Å²) >= 11 is 1.73. The van der Waals surface area contributed by atoms with Crippen LogP contribution in [0.4, 0.5) is 0 Å². The van der Waals surface area contributed by atoms with Gasteiger partial charge in [0.15, 0.2) is 5.82 Å². The Morgan fingerprint density at radius 1 is 0.439 bits per heavy atom. The maximum Gasteiger partial charge on any atom is 0.161 e. The van der Waals surface area contributed by atoms with Gasteiger partial charge in [-0.05, 0) is 51.2 Å². The van der Waals surface area contributed by atoms with E-state index in [1.54, 1.807) is 11.3 Å². The highest BCUT2D eigenvalue weighted by atomic mass is 32.1. The third kappa shape index (κ3) is 4.19. The molecule has 0 bridgehead atoms. The van der Waals surface area contributed by atoms with Crippen LogP contribution in [-0.2, 0) is 0 Å². The van der Waals surface area contributed by atoms with E-state index < -0.39 is 0 Å². The van der Waals surface area contributed by atoms with E-state index in [4.69, 9.17) is 9.97 Å². The molecule has 0 spiro atoms. The summed E-state index contributed by atoms with van der Waals surface area (Å²) in [6, 6.07) is 51.5. The smallest absolute Gasteiger partial charge is 0.161 e. The van der Waals surface area contributed by atoms with Crippen molar-refractivity contribution in [3.63, 3.8) is 0 Å². The first-order valence-electron chi connectivity index (χ1n) is 13.8. The number of aromatic nitrogens is 2. The van der Waals surface area contributed by atoms with Gasteiger partial charge in [0.2, 0.25) is 0 Å². The number of nitrogens with zero attached hydrogens (tertiary/aromatic N) is 2. The zero-order valence-electron chi connectivity index (χ0n) is 22.2. The minimum Gasteiger partial charge on any atom is -0.227 e. The Balaban J connectivity index is 1.27. The molecule has 6 aromatic carbocycles. The molecule has 0 aliphatic carbocycles. The highest BCUT2D eigenvalue weighted by molar-refractivity contribution is 7.25. The minimum absolute atomic E-state index is 0.745. The topological polar surface area (TPSA) is 25.8 Å². The molecule has 0 amide bonds. The lowest BCUT2D eigenvalue weighted by atomic mass is 9.95. The number of thiophene rings is 1. The summed E-state index contributed by atoms with van der Waals surface area (Å²) in [7, 11) is 0. The van der Waals surface area contributed by atoms with Crippen LogP contribution in [0.1, 0.15) is 0 Å². The molecule has 2 heterocycles. The molecule has 0 aliphatic heterocycles. The molecule has 0 saturated carbocycles. The highest BCUT2D eigenvalue weighted by Crippen LogP contribution is 2.40. The SMILES string of the molecule is c1ccc(-c2nc(-c3cccc(-c4cccc(-c5cccc6ccccc56)c4)c3)nc3sc4ccccc4c23)cc1. The van der Waals surface area contributed by atoms with Crippen molar-refractivity contribution in [2.75, 3.05) is 0 Å². The Bertz CT molecular complexity index is 2210. The van der Waals surface area contributed by atoms with Gasteiger partial charge in [0.25, 0.3) is 0 Å². The summed E-state index contributed by atoms with van der Waals surface area (Å²) in [5.74, 6) is 0.745. The van der Waals surface area contributed by atoms with Crippen molar-refractivity contribution in [3.8, 4) is 44.9 Å². The molecule has 0 aliphatic rings. The molecule has 8 aromatic rings. The fourth-order valence-electron chi connectivity index (χ4n) is 5.74. The van der Waals surface area contributed by atoms with Crippen LogP contribution in [0.15, 0.2) is 146 Å². The van der Waals surface area contributed by atoms with E-state index in [9.17, 15) is 0 Å². The molecule has 0 N–H and O–H groups in total. The summed E-state index contributed by atoms with van der Waals surface area (Å²) in [6.45, 7) is 0. The number of hydrogen-bond donors (Lipinski definition) is 0. The first kappa shape index (κ1) is 23.7. The third-order valence-corrected chi connectivity index (χ3v) is 8.77. The van der Waals surface area contributed by atoms with Crippen LogP contribution in [0.5, 0.6) is 0 Å². The zero-order chi connectivity index (χ0) is 27.2. The van der Waals surface area contributed by atoms with Crippen molar-refractivity contribution in [2.24, 2.45) is 0 Å². The van der Waals surface area contributed by atoms with Gasteiger partial charge in [0, 0.05) is 26.6 Å². The number of rotatable bonds is 4. The molecule has 0 fully saturated rings. The van der Waals surface area contributed by atoms with Gasteiger partial charge in [-0.25, -0.2) is 9.97 Å². The monoisotopic (exact) mass is 540 g/mol. The lowest BCUT2D eigenvalue weighted by Gasteiger charge is -2.11. The van der Waals surface area contributed by atoms with Crippen molar-refractivity contribution in [1.29, 1.82) is 0 Å². The van der Waals surface area contributed by atoms with Crippen LogP contribution >= 0.6 is 11.3 Å². The lowest BCUT2D eigenvalue weighted by molar-refractivity contribution is 1.24. The van der Waals surface area contributed by atoms with E-state index >= 15 is 0 Å². The van der Waals surface area contributed by atoms with Crippen molar-refractivity contribution >= 4 is 42.4 Å². The highest BCUT2D eigenvalue weighted by Gasteiger charge is 2.17. The summed E-state index contributed by atoms with van der Waals surface area (Å²) in [4.78, 5) is 11.3. The van der Waals surface area contributed by atoms with Crippen molar-refractivity contribution in [1.82, 2.24) is 9.97 Å². The Morgan fingerprint density at radius 2 is 1.05 bits per heavy atom. The summed E-state index contributed by atoms with van der Waals surface area (Å²) in [5.41, 5.74) is 7.85. The van der Waals surface area contributed by atoms with Gasteiger partial charge in [-0.2, -0.15) is 0 Å². The van der Waals surface area contributed by atoms with Gasteiger partial charge in [0.1, 0.15) is 4.83 Å². The van der Waals surface area contributed by atoms with Gasteiger partial charge in [-0.3, -0.25) is 0 Å². The zero-order valence-corrected chi connectivity index (χ0v) is 23.0. The standard InChI is InChI=1S/C38H24N2S/c1-2-12-26(13-3-1)36-35-33-20-6-7-22-34(33)41-38(35)40-37(39-36)30-18-9-16-28(24-30)27-15-8-17-29(23-27)32-21-10-14-25-11-4-5-19-31(25)32/h1-24H. The van der Waals surface area contributed by atoms with Crippen LogP contribution < -0.4 is 0 Å². The van der Waals surface area contributed by atoms with Crippen molar-refractivity contribution < 1.29 is 0 Å². The minimum atomic E-state index is 0.745. The van der Waals surface area contributed by atoms with Crippen LogP contribution in [0.3, 0.4) is 0 Å². The number of hydrogen-bond acceptors (Lipinski definition) is 3. The third-order valence-electron chi connectivity index (χ3n) is 7.70. The average molecular weight is 541 g/mol. The van der Waals surface area contributed by atoms with Crippen molar-refractivity contribution in [3.05, 3.63) is 146 Å². The molecular formula is C38H24N2S. The molecule has 0 atom stereocenters. The largest absolute Gasteiger partial charge is 0.227 e. The normalized spacial score (nSPS) is 11.4. The predicted octanol–water partition coefficient (Wildman–Crippen LogP) is 10.7. The Hall–Kier alpha value is -5.12. The average Bonchev–Trinajstić information content (AvgIpc) is 3.43. The second-order valence-electron chi connectivity index (χ2n) is 10.2. The van der Waals surface area contributed by atoms with Gasteiger partial charge in [-0.15, -0.1) is 11.3 Å². The van der Waals surface area contributed by atoms with E-state index in [-0.39, 0.29) is 0 Å². The number of benzene rings is 6. The van der Waals surface area contributed by atoms with Crippen molar-refractivity contribution in [2.45, 2.75) is 0 Å².